The number of hydrogen-bond donors (Lipinski definition) is 1. The average Bonchev–Trinajstić information content (AvgIpc) is 3.01. The maximum atomic E-state index is 13.3. The lowest BCUT2D eigenvalue weighted by Gasteiger charge is -2.19. The standard InChI is InChI=1S/C17H14F5N5S/c1-28-15(11-4-2-3-5-12(11)23)26-14-6-10-7-25-27(13(10)8-24-14)9-16(18,19)17(20,21)22/h2-8H,9,23H2,1H3. The molecule has 0 radical (unpaired) electrons. The van der Waals surface area contributed by atoms with Crippen molar-refractivity contribution in [1.82, 2.24) is 14.8 Å². The quantitative estimate of drug-likeness (QED) is 0.291. The Bertz CT molecular complexity index is 1030. The highest BCUT2D eigenvalue weighted by molar-refractivity contribution is 8.13. The molecule has 0 saturated heterocycles. The number of nitrogen functional groups attached to an aromatic ring is 1. The fourth-order valence-electron chi connectivity index (χ4n) is 2.44. The maximum absolute atomic E-state index is 13.3. The van der Waals surface area contributed by atoms with Crippen molar-refractivity contribution in [1.29, 1.82) is 0 Å². The molecule has 148 valence electrons. The number of pyridine rings is 1. The molecular formula is C17H14F5N5S. The van der Waals surface area contributed by atoms with E-state index in [0.717, 1.165) is 0 Å². The van der Waals surface area contributed by atoms with Crippen LogP contribution in [-0.4, -0.2) is 38.2 Å². The van der Waals surface area contributed by atoms with Gasteiger partial charge in [-0.25, -0.2) is 9.98 Å². The third kappa shape index (κ3) is 3.93. The van der Waals surface area contributed by atoms with E-state index in [9.17, 15) is 22.0 Å². The van der Waals surface area contributed by atoms with E-state index in [2.05, 4.69) is 15.1 Å². The molecule has 3 rings (SSSR count). The molecule has 1 aromatic carbocycles. The van der Waals surface area contributed by atoms with Crippen LogP contribution in [0.25, 0.3) is 10.9 Å². The lowest BCUT2D eigenvalue weighted by Crippen LogP contribution is -2.40. The van der Waals surface area contributed by atoms with Gasteiger partial charge in [0.2, 0.25) is 0 Å². The Morgan fingerprint density at radius 1 is 1.18 bits per heavy atom. The number of nitrogens with zero attached hydrogens (tertiary/aromatic N) is 4. The number of halogens is 5. The fourth-order valence-corrected chi connectivity index (χ4v) is 3.03. The SMILES string of the molecule is CSC(=Nc1cc2cnn(CC(F)(F)C(F)(F)F)c2cn1)c1ccccc1N. The number of aromatic nitrogens is 3. The Morgan fingerprint density at radius 2 is 1.89 bits per heavy atom. The summed E-state index contributed by atoms with van der Waals surface area (Å²) in [6.07, 6.45) is -1.50. The van der Waals surface area contributed by atoms with Gasteiger partial charge in [-0.2, -0.15) is 27.1 Å². The molecule has 11 heteroatoms. The molecule has 0 bridgehead atoms. The summed E-state index contributed by atoms with van der Waals surface area (Å²) < 4.78 is 64.5. The second-order valence-corrected chi connectivity index (χ2v) is 6.61. The van der Waals surface area contributed by atoms with Crippen LogP contribution in [0.4, 0.5) is 33.5 Å². The van der Waals surface area contributed by atoms with E-state index in [1.165, 1.54) is 30.2 Å². The molecule has 3 aromatic rings. The van der Waals surface area contributed by atoms with Crippen LogP contribution in [0.3, 0.4) is 0 Å². The number of thioether (sulfide) groups is 1. The van der Waals surface area contributed by atoms with Crippen LogP contribution in [0.1, 0.15) is 5.56 Å². The molecule has 0 aliphatic carbocycles. The van der Waals surface area contributed by atoms with Gasteiger partial charge in [0.15, 0.2) is 5.82 Å². The molecule has 0 aliphatic rings. The van der Waals surface area contributed by atoms with Gasteiger partial charge >= 0.3 is 12.1 Å². The minimum atomic E-state index is -5.66. The number of alkyl halides is 5. The van der Waals surface area contributed by atoms with Crippen molar-refractivity contribution in [3.8, 4) is 0 Å². The highest BCUT2D eigenvalue weighted by Gasteiger charge is 2.57. The zero-order valence-corrected chi connectivity index (χ0v) is 15.2. The molecule has 0 spiro atoms. The first-order valence-corrected chi connectivity index (χ1v) is 9.08. The zero-order valence-electron chi connectivity index (χ0n) is 14.4. The van der Waals surface area contributed by atoms with Gasteiger partial charge in [-0.1, -0.05) is 18.2 Å². The van der Waals surface area contributed by atoms with E-state index >= 15 is 0 Å². The minimum absolute atomic E-state index is 0.0489. The second kappa shape index (κ2) is 7.38. The molecule has 2 N–H and O–H groups in total. The van der Waals surface area contributed by atoms with Crippen molar-refractivity contribution < 1.29 is 22.0 Å². The van der Waals surface area contributed by atoms with E-state index in [0.29, 0.717) is 26.4 Å². The summed E-state index contributed by atoms with van der Waals surface area (Å²) in [7, 11) is 0. The Morgan fingerprint density at radius 3 is 2.54 bits per heavy atom. The van der Waals surface area contributed by atoms with E-state index in [1.54, 1.807) is 30.5 Å². The van der Waals surface area contributed by atoms with Crippen LogP contribution in [0.15, 0.2) is 47.7 Å². The Kier molecular flexibility index (Phi) is 5.28. The lowest BCUT2D eigenvalue weighted by molar-refractivity contribution is -0.287. The third-order valence-corrected chi connectivity index (χ3v) is 4.58. The number of aliphatic imine (C=N–C) groups is 1. The summed E-state index contributed by atoms with van der Waals surface area (Å²) in [5.41, 5.74) is 7.23. The summed E-state index contributed by atoms with van der Waals surface area (Å²) in [6, 6.07) is 8.56. The minimum Gasteiger partial charge on any atom is -0.398 e. The van der Waals surface area contributed by atoms with Gasteiger partial charge in [0, 0.05) is 16.6 Å². The van der Waals surface area contributed by atoms with Crippen LogP contribution < -0.4 is 5.73 Å². The van der Waals surface area contributed by atoms with Gasteiger partial charge in [0.25, 0.3) is 0 Å². The van der Waals surface area contributed by atoms with Crippen LogP contribution in [0, 0.1) is 0 Å². The highest BCUT2D eigenvalue weighted by Crippen LogP contribution is 2.37. The topological polar surface area (TPSA) is 69.1 Å². The molecule has 0 fully saturated rings. The smallest absolute Gasteiger partial charge is 0.398 e. The van der Waals surface area contributed by atoms with Crippen molar-refractivity contribution >= 4 is 39.2 Å². The fraction of sp³-hybridized carbons (Fsp3) is 0.235. The number of fused-ring (bicyclic) bond motifs is 1. The summed E-state index contributed by atoms with van der Waals surface area (Å²) in [6.45, 7) is -1.62. The zero-order chi connectivity index (χ0) is 20.5. The molecule has 28 heavy (non-hydrogen) atoms. The number of nitrogens with two attached hydrogens (primary N) is 1. The summed E-state index contributed by atoms with van der Waals surface area (Å²) in [4.78, 5) is 8.45. The van der Waals surface area contributed by atoms with Crippen molar-refractivity contribution in [2.75, 3.05) is 12.0 Å². The molecule has 2 aromatic heterocycles. The van der Waals surface area contributed by atoms with E-state index in [1.807, 2.05) is 0 Å². The first kappa shape index (κ1) is 20.1. The second-order valence-electron chi connectivity index (χ2n) is 5.81. The van der Waals surface area contributed by atoms with Gasteiger partial charge in [0.05, 0.1) is 17.9 Å². The monoisotopic (exact) mass is 415 g/mol. The Balaban J connectivity index is 1.95. The first-order valence-electron chi connectivity index (χ1n) is 7.86. The van der Waals surface area contributed by atoms with Crippen LogP contribution >= 0.6 is 11.8 Å². The van der Waals surface area contributed by atoms with Crippen LogP contribution in [0.5, 0.6) is 0 Å². The number of benzene rings is 1. The van der Waals surface area contributed by atoms with Gasteiger partial charge < -0.3 is 5.73 Å². The first-order chi connectivity index (χ1) is 13.1. The summed E-state index contributed by atoms with van der Waals surface area (Å²) in [5, 5.41) is 4.55. The third-order valence-electron chi connectivity index (χ3n) is 3.88. The van der Waals surface area contributed by atoms with E-state index < -0.39 is 18.6 Å². The predicted molar refractivity (Wildman–Crippen MR) is 99.1 cm³/mol. The van der Waals surface area contributed by atoms with E-state index in [4.69, 9.17) is 5.73 Å². The summed E-state index contributed by atoms with van der Waals surface area (Å²) >= 11 is 1.34. The number of para-hydroxylation sites is 1. The molecular weight excluding hydrogens is 401 g/mol. The molecule has 5 nitrogen and oxygen atoms in total. The predicted octanol–water partition coefficient (Wildman–Crippen LogP) is 4.65. The van der Waals surface area contributed by atoms with Crippen molar-refractivity contribution in [3.05, 3.63) is 48.3 Å². The normalized spacial score (nSPS) is 13.3. The molecule has 0 saturated carbocycles. The van der Waals surface area contributed by atoms with Gasteiger partial charge in [-0.05, 0) is 18.4 Å². The Labute approximate surface area is 160 Å². The van der Waals surface area contributed by atoms with Crippen molar-refractivity contribution in [2.24, 2.45) is 4.99 Å². The highest BCUT2D eigenvalue weighted by atomic mass is 32.2. The summed E-state index contributed by atoms with van der Waals surface area (Å²) in [5.74, 6) is -4.65. The molecule has 0 unspecified atom stereocenters. The molecule has 2 heterocycles. The number of hydrogen-bond acceptors (Lipinski definition) is 5. The van der Waals surface area contributed by atoms with E-state index in [-0.39, 0.29) is 11.3 Å². The largest absolute Gasteiger partial charge is 0.455 e. The molecule has 0 atom stereocenters. The average molecular weight is 415 g/mol. The van der Waals surface area contributed by atoms with Crippen molar-refractivity contribution in [3.63, 3.8) is 0 Å². The van der Waals surface area contributed by atoms with Gasteiger partial charge in [-0.3, -0.25) is 4.68 Å². The number of rotatable bonds is 4. The van der Waals surface area contributed by atoms with Crippen LogP contribution in [0.2, 0.25) is 0 Å². The maximum Gasteiger partial charge on any atom is 0.455 e. The van der Waals surface area contributed by atoms with Crippen LogP contribution in [-0.2, 0) is 6.54 Å². The van der Waals surface area contributed by atoms with Crippen molar-refractivity contribution in [2.45, 2.75) is 18.6 Å². The van der Waals surface area contributed by atoms with Gasteiger partial charge in [0.1, 0.15) is 11.6 Å². The molecule has 0 aliphatic heterocycles. The Hall–Kier alpha value is -2.69. The molecule has 0 amide bonds. The number of anilines is 1. The lowest BCUT2D eigenvalue weighted by atomic mass is 10.2. The van der Waals surface area contributed by atoms with Gasteiger partial charge in [-0.15, -0.1) is 11.8 Å².